The lowest BCUT2D eigenvalue weighted by molar-refractivity contribution is -0.122. The molecule has 1 fully saturated rings. The summed E-state index contributed by atoms with van der Waals surface area (Å²) in [6, 6.07) is 17.5. The normalized spacial score (nSPS) is 18.8. The minimum atomic E-state index is -0.378. The number of hydrogen-bond acceptors (Lipinski definition) is 4. The van der Waals surface area contributed by atoms with Gasteiger partial charge in [-0.1, -0.05) is 48.4 Å². The summed E-state index contributed by atoms with van der Waals surface area (Å²) in [5.74, 6) is -0.582. The van der Waals surface area contributed by atoms with Crippen molar-refractivity contribution in [2.24, 2.45) is 0 Å². The van der Waals surface area contributed by atoms with E-state index in [-0.39, 0.29) is 11.8 Å². The Morgan fingerprint density at radius 3 is 2.45 bits per heavy atom. The number of aromatic nitrogens is 1. The molecule has 1 aromatic heterocycles. The fraction of sp³-hybridized carbons (Fsp3) is 0.346. The van der Waals surface area contributed by atoms with E-state index in [2.05, 4.69) is 29.6 Å². The van der Waals surface area contributed by atoms with Crippen LogP contribution in [0.4, 0.5) is 0 Å². The van der Waals surface area contributed by atoms with Crippen molar-refractivity contribution in [3.8, 4) is 11.3 Å². The van der Waals surface area contributed by atoms with Gasteiger partial charge in [-0.25, -0.2) is 4.98 Å². The van der Waals surface area contributed by atoms with Crippen LogP contribution >= 0.6 is 11.6 Å². The van der Waals surface area contributed by atoms with Gasteiger partial charge in [0.1, 0.15) is 0 Å². The predicted molar refractivity (Wildman–Crippen MR) is 132 cm³/mol. The number of nitrogens with one attached hydrogen (secondary N) is 2. The molecule has 1 aliphatic heterocycles. The second-order valence-electron chi connectivity index (χ2n) is 8.70. The standard InChI is InChI=1S/C26H29ClN4O2/c1-17-6-5-7-18(2)31(17)15-14-25(32)29-30-26(33)22-16-24(19-10-12-20(27)13-11-19)28-23-9-4-3-8-21(22)23/h3-4,8-13,16-18H,5-7,14-15H2,1-2H3,(H,29,32)(H,30,33). The number of halogens is 1. The Bertz CT molecular complexity index is 1140. The molecule has 2 N–H and O–H groups in total. The Balaban J connectivity index is 1.46. The highest BCUT2D eigenvalue weighted by Crippen LogP contribution is 2.26. The molecule has 0 saturated carbocycles. The summed E-state index contributed by atoms with van der Waals surface area (Å²) in [5.41, 5.74) is 7.83. The smallest absolute Gasteiger partial charge is 0.270 e. The number of amides is 2. The Morgan fingerprint density at radius 1 is 1.03 bits per heavy atom. The maximum absolute atomic E-state index is 13.0. The predicted octanol–water partition coefficient (Wildman–Crippen LogP) is 4.97. The number of hydrogen-bond donors (Lipinski definition) is 2. The number of nitrogens with zero attached hydrogens (tertiary/aromatic N) is 2. The molecule has 2 amide bonds. The van der Waals surface area contributed by atoms with Gasteiger partial charge >= 0.3 is 0 Å². The fourth-order valence-electron chi connectivity index (χ4n) is 4.53. The second-order valence-corrected chi connectivity index (χ2v) is 9.13. The van der Waals surface area contributed by atoms with Crippen LogP contribution in [-0.2, 0) is 4.79 Å². The van der Waals surface area contributed by atoms with Crippen LogP contribution in [0.25, 0.3) is 22.2 Å². The molecule has 0 radical (unpaired) electrons. The van der Waals surface area contributed by atoms with Gasteiger partial charge in [0, 0.05) is 41.0 Å². The molecule has 3 aromatic rings. The van der Waals surface area contributed by atoms with E-state index in [1.807, 2.05) is 36.4 Å². The number of pyridine rings is 1. The van der Waals surface area contributed by atoms with E-state index < -0.39 is 0 Å². The summed E-state index contributed by atoms with van der Waals surface area (Å²) in [5, 5.41) is 1.35. The third-order valence-electron chi connectivity index (χ3n) is 6.39. The van der Waals surface area contributed by atoms with Gasteiger partial charge in [-0.05, 0) is 51.0 Å². The van der Waals surface area contributed by atoms with Crippen LogP contribution in [-0.4, -0.2) is 40.3 Å². The van der Waals surface area contributed by atoms with E-state index in [0.717, 1.165) is 23.8 Å². The number of benzene rings is 2. The highest BCUT2D eigenvalue weighted by molar-refractivity contribution is 6.30. The van der Waals surface area contributed by atoms with Crippen molar-refractivity contribution in [1.82, 2.24) is 20.7 Å². The van der Waals surface area contributed by atoms with Gasteiger partial charge in [0.15, 0.2) is 0 Å². The van der Waals surface area contributed by atoms with Crippen LogP contribution in [0.1, 0.15) is 49.9 Å². The van der Waals surface area contributed by atoms with Crippen LogP contribution < -0.4 is 10.9 Å². The molecular formula is C26H29ClN4O2. The highest BCUT2D eigenvalue weighted by atomic mass is 35.5. The molecule has 1 saturated heterocycles. The zero-order chi connectivity index (χ0) is 23.4. The largest absolute Gasteiger partial charge is 0.297 e. The highest BCUT2D eigenvalue weighted by Gasteiger charge is 2.24. The van der Waals surface area contributed by atoms with E-state index in [9.17, 15) is 9.59 Å². The molecule has 33 heavy (non-hydrogen) atoms. The van der Waals surface area contributed by atoms with Crippen molar-refractivity contribution in [1.29, 1.82) is 0 Å². The lowest BCUT2D eigenvalue weighted by Gasteiger charge is -2.38. The van der Waals surface area contributed by atoms with Crippen LogP contribution in [0.3, 0.4) is 0 Å². The molecule has 2 unspecified atom stereocenters. The summed E-state index contributed by atoms with van der Waals surface area (Å²) >= 11 is 6.01. The molecule has 172 valence electrons. The molecule has 0 bridgehead atoms. The topological polar surface area (TPSA) is 74.3 Å². The summed E-state index contributed by atoms with van der Waals surface area (Å²) in [6.45, 7) is 5.10. The maximum Gasteiger partial charge on any atom is 0.270 e. The minimum Gasteiger partial charge on any atom is -0.297 e. The average Bonchev–Trinajstić information content (AvgIpc) is 2.82. The monoisotopic (exact) mass is 464 g/mol. The third-order valence-corrected chi connectivity index (χ3v) is 6.64. The van der Waals surface area contributed by atoms with E-state index in [1.165, 1.54) is 6.42 Å². The van der Waals surface area contributed by atoms with Crippen molar-refractivity contribution in [2.45, 2.75) is 51.6 Å². The Morgan fingerprint density at radius 2 is 1.73 bits per heavy atom. The number of carbonyl (C=O) groups is 2. The van der Waals surface area contributed by atoms with Gasteiger partial charge in [0.2, 0.25) is 5.91 Å². The molecule has 6 nitrogen and oxygen atoms in total. The zero-order valence-electron chi connectivity index (χ0n) is 19.0. The lowest BCUT2D eigenvalue weighted by atomic mass is 9.97. The van der Waals surface area contributed by atoms with Crippen molar-refractivity contribution in [3.05, 3.63) is 65.2 Å². The molecule has 2 atom stereocenters. The van der Waals surface area contributed by atoms with E-state index in [4.69, 9.17) is 16.6 Å². The Kier molecular flexibility index (Phi) is 7.26. The van der Waals surface area contributed by atoms with Crippen LogP contribution in [0.2, 0.25) is 5.02 Å². The molecule has 4 rings (SSSR count). The van der Waals surface area contributed by atoms with Crippen molar-refractivity contribution >= 4 is 34.3 Å². The molecule has 1 aliphatic rings. The van der Waals surface area contributed by atoms with Gasteiger partial charge in [-0.2, -0.15) is 0 Å². The Hall–Kier alpha value is -2.96. The molecule has 2 heterocycles. The summed E-state index contributed by atoms with van der Waals surface area (Å²) in [4.78, 5) is 32.5. The Labute approximate surface area is 199 Å². The van der Waals surface area contributed by atoms with E-state index >= 15 is 0 Å². The SMILES string of the molecule is CC1CCCC(C)N1CCC(=O)NNC(=O)c1cc(-c2ccc(Cl)cc2)nc2ccccc12. The molecular weight excluding hydrogens is 436 g/mol. The summed E-state index contributed by atoms with van der Waals surface area (Å²) in [6.07, 6.45) is 3.89. The zero-order valence-corrected chi connectivity index (χ0v) is 19.7. The van der Waals surface area contributed by atoms with E-state index in [1.54, 1.807) is 18.2 Å². The third kappa shape index (κ3) is 5.52. The first-order valence-corrected chi connectivity index (χ1v) is 11.8. The number of fused-ring (bicyclic) bond motifs is 1. The maximum atomic E-state index is 13.0. The molecule has 0 spiro atoms. The molecule has 0 aliphatic carbocycles. The van der Waals surface area contributed by atoms with Crippen LogP contribution in [0.5, 0.6) is 0 Å². The first-order chi connectivity index (χ1) is 15.9. The fourth-order valence-corrected chi connectivity index (χ4v) is 4.66. The van der Waals surface area contributed by atoms with Crippen molar-refractivity contribution < 1.29 is 9.59 Å². The van der Waals surface area contributed by atoms with E-state index in [0.29, 0.717) is 46.8 Å². The van der Waals surface area contributed by atoms with Gasteiger partial charge in [0.25, 0.3) is 5.91 Å². The lowest BCUT2D eigenvalue weighted by Crippen LogP contribution is -2.47. The average molecular weight is 465 g/mol. The number of hydrazine groups is 1. The van der Waals surface area contributed by atoms with Crippen molar-refractivity contribution in [2.75, 3.05) is 6.54 Å². The number of piperidine rings is 1. The first-order valence-electron chi connectivity index (χ1n) is 11.4. The number of para-hydroxylation sites is 1. The second kappa shape index (κ2) is 10.3. The van der Waals surface area contributed by atoms with Gasteiger partial charge < -0.3 is 0 Å². The van der Waals surface area contributed by atoms with Gasteiger partial charge in [-0.3, -0.25) is 25.3 Å². The van der Waals surface area contributed by atoms with Gasteiger partial charge in [0.05, 0.1) is 16.8 Å². The summed E-state index contributed by atoms with van der Waals surface area (Å²) in [7, 11) is 0. The first kappa shape index (κ1) is 23.2. The quantitative estimate of drug-likeness (QED) is 0.523. The molecule has 7 heteroatoms. The van der Waals surface area contributed by atoms with Crippen LogP contribution in [0.15, 0.2) is 54.6 Å². The van der Waals surface area contributed by atoms with Crippen molar-refractivity contribution in [3.63, 3.8) is 0 Å². The summed E-state index contributed by atoms with van der Waals surface area (Å²) < 4.78 is 0. The minimum absolute atomic E-state index is 0.204. The number of carbonyl (C=O) groups excluding carboxylic acids is 2. The molecule has 2 aromatic carbocycles. The van der Waals surface area contributed by atoms with Crippen LogP contribution in [0, 0.1) is 0 Å². The number of likely N-dealkylation sites (tertiary alicyclic amines) is 1. The number of rotatable bonds is 5. The van der Waals surface area contributed by atoms with Gasteiger partial charge in [-0.15, -0.1) is 0 Å².